The van der Waals surface area contributed by atoms with E-state index in [4.69, 9.17) is 11.6 Å². The van der Waals surface area contributed by atoms with Crippen molar-refractivity contribution in [1.29, 1.82) is 0 Å². The van der Waals surface area contributed by atoms with Gasteiger partial charge in [-0.1, -0.05) is 42.5 Å². The lowest BCUT2D eigenvalue weighted by atomic mass is 10.1. The predicted octanol–water partition coefficient (Wildman–Crippen LogP) is 4.28. The number of nitrogens with one attached hydrogen (secondary N) is 1. The van der Waals surface area contributed by atoms with Gasteiger partial charge in [-0.05, 0) is 24.6 Å². The molecule has 0 amide bonds. The van der Waals surface area contributed by atoms with Crippen molar-refractivity contribution in [2.75, 3.05) is 5.62 Å². The van der Waals surface area contributed by atoms with E-state index in [1.54, 1.807) is 24.3 Å². The maximum absolute atomic E-state index is 12.9. The van der Waals surface area contributed by atoms with Gasteiger partial charge in [-0.3, -0.25) is 5.09 Å². The van der Waals surface area contributed by atoms with Crippen LogP contribution in [0.1, 0.15) is 18.5 Å². The zero-order valence-electron chi connectivity index (χ0n) is 11.1. The number of halogens is 2. The highest BCUT2D eigenvalue weighted by Crippen LogP contribution is 2.43. The average molecular weight is 312 g/mol. The molecule has 1 N–H and O–H groups in total. The second-order valence-corrected chi connectivity index (χ2v) is 7.81. The molecule has 2 aromatic carbocycles. The molecule has 0 aromatic heterocycles. The van der Waals surface area contributed by atoms with E-state index in [2.05, 4.69) is 5.09 Å². The monoisotopic (exact) mass is 311 g/mol. The Hall–Kier alpha value is -1.15. The van der Waals surface area contributed by atoms with E-state index >= 15 is 0 Å². The summed E-state index contributed by atoms with van der Waals surface area (Å²) in [6.07, 6.45) is 0. The van der Waals surface area contributed by atoms with Crippen molar-refractivity contribution in [3.05, 3.63) is 66.0 Å². The minimum absolute atomic E-state index is 0.0164. The van der Waals surface area contributed by atoms with Crippen LogP contribution < -0.4 is 10.4 Å². The van der Waals surface area contributed by atoms with Crippen molar-refractivity contribution in [2.45, 2.75) is 13.0 Å². The molecule has 0 radical (unpaired) electrons. The molecule has 106 valence electrons. The normalized spacial score (nSPS) is 15.6. The molecule has 2 atom stereocenters. The standard InChI is InChI=1S/C15H16ClFNOP/c1-12(13-7-9-14(17)10-8-13)18-20(19,11-16)15-5-3-2-4-6-15/h2-10,12H,11H2,1H3,(H,18,19). The van der Waals surface area contributed by atoms with E-state index in [0.717, 1.165) is 5.56 Å². The van der Waals surface area contributed by atoms with Crippen LogP contribution in [0.25, 0.3) is 0 Å². The molecule has 0 saturated heterocycles. The van der Waals surface area contributed by atoms with Crippen LogP contribution in [0.3, 0.4) is 0 Å². The van der Waals surface area contributed by atoms with Gasteiger partial charge in [0.05, 0.1) is 5.62 Å². The van der Waals surface area contributed by atoms with Crippen molar-refractivity contribution in [1.82, 2.24) is 5.09 Å². The Morgan fingerprint density at radius 1 is 1.15 bits per heavy atom. The zero-order valence-corrected chi connectivity index (χ0v) is 12.7. The molecular formula is C15H16ClFNOP. The second kappa shape index (κ2) is 6.53. The maximum atomic E-state index is 12.9. The number of hydrogen-bond acceptors (Lipinski definition) is 1. The molecule has 0 saturated carbocycles. The first-order chi connectivity index (χ1) is 9.55. The van der Waals surface area contributed by atoms with Crippen LogP contribution in [-0.2, 0) is 4.57 Å². The number of benzene rings is 2. The van der Waals surface area contributed by atoms with Crippen molar-refractivity contribution in [3.63, 3.8) is 0 Å². The quantitative estimate of drug-likeness (QED) is 0.660. The van der Waals surface area contributed by atoms with Gasteiger partial charge in [0.25, 0.3) is 0 Å². The lowest BCUT2D eigenvalue weighted by Crippen LogP contribution is -2.23. The smallest absolute Gasteiger partial charge is 0.190 e. The molecule has 2 nitrogen and oxygen atoms in total. The molecule has 2 unspecified atom stereocenters. The summed E-state index contributed by atoms with van der Waals surface area (Å²) in [5.41, 5.74) is 0.885. The summed E-state index contributed by atoms with van der Waals surface area (Å²) >= 11 is 5.91. The molecule has 0 aliphatic heterocycles. The molecule has 2 rings (SSSR count). The molecule has 0 aliphatic rings. The van der Waals surface area contributed by atoms with Crippen LogP contribution in [0.4, 0.5) is 4.39 Å². The topological polar surface area (TPSA) is 29.1 Å². The van der Waals surface area contributed by atoms with E-state index in [1.165, 1.54) is 12.1 Å². The van der Waals surface area contributed by atoms with Crippen molar-refractivity contribution < 1.29 is 8.96 Å². The van der Waals surface area contributed by atoms with Gasteiger partial charge in [0.15, 0.2) is 7.29 Å². The molecule has 0 fully saturated rings. The number of alkyl halides is 1. The fourth-order valence-electron chi connectivity index (χ4n) is 1.99. The van der Waals surface area contributed by atoms with Gasteiger partial charge in [-0.25, -0.2) is 4.39 Å². The Kier molecular flexibility index (Phi) is 4.98. The fourth-order valence-corrected chi connectivity index (χ4v) is 4.39. The third-order valence-electron chi connectivity index (χ3n) is 3.11. The molecule has 20 heavy (non-hydrogen) atoms. The van der Waals surface area contributed by atoms with E-state index in [-0.39, 0.29) is 17.5 Å². The number of hydrogen-bond donors (Lipinski definition) is 1. The highest BCUT2D eigenvalue weighted by molar-refractivity contribution is 7.71. The summed E-state index contributed by atoms with van der Waals surface area (Å²) in [5, 5.41) is 3.79. The Morgan fingerprint density at radius 3 is 2.30 bits per heavy atom. The molecule has 5 heteroatoms. The summed E-state index contributed by atoms with van der Waals surface area (Å²) < 4.78 is 25.8. The van der Waals surface area contributed by atoms with Crippen LogP contribution in [0.15, 0.2) is 54.6 Å². The van der Waals surface area contributed by atoms with E-state index in [1.807, 2.05) is 25.1 Å². The largest absolute Gasteiger partial charge is 0.300 e. The molecule has 0 heterocycles. The first-order valence-electron chi connectivity index (χ1n) is 6.29. The van der Waals surface area contributed by atoms with Crippen molar-refractivity contribution >= 4 is 24.2 Å². The Balaban J connectivity index is 2.22. The third kappa shape index (κ3) is 3.49. The highest BCUT2D eigenvalue weighted by atomic mass is 35.5. The second-order valence-electron chi connectivity index (χ2n) is 4.60. The lowest BCUT2D eigenvalue weighted by Gasteiger charge is -2.22. The SMILES string of the molecule is CC(NP(=O)(CCl)c1ccccc1)c1ccc(F)cc1. The van der Waals surface area contributed by atoms with Crippen molar-refractivity contribution in [2.24, 2.45) is 0 Å². The molecule has 2 aromatic rings. The van der Waals surface area contributed by atoms with E-state index in [9.17, 15) is 8.96 Å². The minimum Gasteiger partial charge on any atom is -0.300 e. The van der Waals surface area contributed by atoms with Gasteiger partial charge in [0, 0.05) is 11.3 Å². The summed E-state index contributed by atoms with van der Waals surface area (Å²) in [7, 11) is -2.86. The Bertz CT molecular complexity index is 603. The summed E-state index contributed by atoms with van der Waals surface area (Å²) in [5.74, 6) is -0.287. The lowest BCUT2D eigenvalue weighted by molar-refractivity contribution is 0.564. The number of rotatable bonds is 5. The van der Waals surface area contributed by atoms with E-state index < -0.39 is 7.29 Å². The third-order valence-corrected chi connectivity index (χ3v) is 6.40. The summed E-state index contributed by atoms with van der Waals surface area (Å²) in [6, 6.07) is 15.1. The first kappa shape index (κ1) is 15.2. The van der Waals surface area contributed by atoms with Crippen molar-refractivity contribution in [3.8, 4) is 0 Å². The molecular weight excluding hydrogens is 296 g/mol. The highest BCUT2D eigenvalue weighted by Gasteiger charge is 2.25. The molecule has 0 bridgehead atoms. The van der Waals surface area contributed by atoms with Gasteiger partial charge >= 0.3 is 0 Å². The van der Waals surface area contributed by atoms with Gasteiger partial charge < -0.3 is 4.57 Å². The van der Waals surface area contributed by atoms with Crippen LogP contribution in [0.5, 0.6) is 0 Å². The minimum atomic E-state index is -2.86. The van der Waals surface area contributed by atoms with Crippen LogP contribution in [0.2, 0.25) is 0 Å². The van der Waals surface area contributed by atoms with Gasteiger partial charge in [-0.15, -0.1) is 11.6 Å². The zero-order chi connectivity index (χ0) is 14.6. The Labute approximate surface area is 123 Å². The van der Waals surface area contributed by atoms with Crippen LogP contribution in [-0.4, -0.2) is 5.62 Å². The Morgan fingerprint density at radius 2 is 1.75 bits per heavy atom. The molecule has 0 aliphatic carbocycles. The molecule has 0 spiro atoms. The van der Waals surface area contributed by atoms with Gasteiger partial charge in [-0.2, -0.15) is 0 Å². The van der Waals surface area contributed by atoms with Crippen LogP contribution in [0, 0.1) is 5.82 Å². The summed E-state index contributed by atoms with van der Waals surface area (Å²) in [4.78, 5) is 0. The van der Waals surface area contributed by atoms with Gasteiger partial charge in [0.1, 0.15) is 5.82 Å². The summed E-state index contributed by atoms with van der Waals surface area (Å²) in [6.45, 7) is 1.88. The van der Waals surface area contributed by atoms with Crippen LogP contribution >= 0.6 is 18.9 Å². The average Bonchev–Trinajstić information content (AvgIpc) is 2.48. The fraction of sp³-hybridized carbons (Fsp3) is 0.200. The predicted molar refractivity (Wildman–Crippen MR) is 82.4 cm³/mol. The van der Waals surface area contributed by atoms with E-state index in [0.29, 0.717) is 5.30 Å². The maximum Gasteiger partial charge on any atom is 0.190 e. The first-order valence-corrected chi connectivity index (χ1v) is 8.72. The van der Waals surface area contributed by atoms with Gasteiger partial charge in [0.2, 0.25) is 0 Å².